The van der Waals surface area contributed by atoms with Gasteiger partial charge in [-0.2, -0.15) is 0 Å². The van der Waals surface area contributed by atoms with Crippen LogP contribution >= 0.6 is 15.9 Å². The molecule has 2 aromatic rings. The van der Waals surface area contributed by atoms with E-state index >= 15 is 0 Å². The first kappa shape index (κ1) is 14.2. The first-order valence-corrected chi connectivity index (χ1v) is 6.47. The number of carbonyl (C=O) groups excluding carboxylic acids is 1. The summed E-state index contributed by atoms with van der Waals surface area (Å²) >= 11 is 3.32. The Hall–Kier alpha value is -2.21. The lowest BCUT2D eigenvalue weighted by atomic mass is 10.1. The second-order valence-electron chi connectivity index (χ2n) is 4.00. The molecular formula is C14H12BrNO4. The standard InChI is InChI=1S/C14H12BrNO4/c1-20-13-6-8(2-5-11(13)15)16-14(19)10-4-3-9(17)7-12(10)18/h2-7,17-18H,1H3,(H,16,19). The van der Waals surface area contributed by atoms with Crippen molar-refractivity contribution in [2.24, 2.45) is 0 Å². The largest absolute Gasteiger partial charge is 0.508 e. The van der Waals surface area contributed by atoms with Gasteiger partial charge in [0.05, 0.1) is 17.1 Å². The second-order valence-corrected chi connectivity index (χ2v) is 4.86. The number of halogens is 1. The van der Waals surface area contributed by atoms with Crippen molar-refractivity contribution in [1.82, 2.24) is 0 Å². The molecule has 0 spiro atoms. The van der Waals surface area contributed by atoms with E-state index in [1.807, 2.05) is 0 Å². The fraction of sp³-hybridized carbons (Fsp3) is 0.0714. The van der Waals surface area contributed by atoms with Crippen molar-refractivity contribution < 1.29 is 19.7 Å². The number of phenolic OH excluding ortho intramolecular Hbond substituents is 2. The summed E-state index contributed by atoms with van der Waals surface area (Å²) in [6, 6.07) is 8.87. The van der Waals surface area contributed by atoms with E-state index in [2.05, 4.69) is 21.2 Å². The van der Waals surface area contributed by atoms with Crippen LogP contribution < -0.4 is 10.1 Å². The predicted molar refractivity (Wildman–Crippen MR) is 78.4 cm³/mol. The lowest BCUT2D eigenvalue weighted by molar-refractivity contribution is 0.102. The molecule has 0 aromatic heterocycles. The van der Waals surface area contributed by atoms with Crippen LogP contribution in [0.3, 0.4) is 0 Å². The van der Waals surface area contributed by atoms with Crippen molar-refractivity contribution in [3.8, 4) is 17.2 Å². The molecule has 0 aliphatic rings. The summed E-state index contributed by atoms with van der Waals surface area (Å²) in [4.78, 5) is 12.0. The minimum Gasteiger partial charge on any atom is -0.508 e. The summed E-state index contributed by atoms with van der Waals surface area (Å²) in [6.07, 6.45) is 0. The van der Waals surface area contributed by atoms with Crippen molar-refractivity contribution >= 4 is 27.5 Å². The van der Waals surface area contributed by atoms with Crippen LogP contribution in [-0.4, -0.2) is 23.2 Å². The summed E-state index contributed by atoms with van der Waals surface area (Å²) in [7, 11) is 1.53. The number of anilines is 1. The van der Waals surface area contributed by atoms with Gasteiger partial charge in [-0.15, -0.1) is 0 Å². The number of ether oxygens (including phenoxy) is 1. The Balaban J connectivity index is 2.23. The van der Waals surface area contributed by atoms with E-state index in [-0.39, 0.29) is 17.1 Å². The number of benzene rings is 2. The molecule has 0 bridgehead atoms. The summed E-state index contributed by atoms with van der Waals surface area (Å²) in [5.74, 6) is -0.291. The first-order valence-electron chi connectivity index (χ1n) is 5.68. The Morgan fingerprint density at radius 1 is 1.20 bits per heavy atom. The van der Waals surface area contributed by atoms with Crippen molar-refractivity contribution in [2.45, 2.75) is 0 Å². The minimum atomic E-state index is -0.480. The number of rotatable bonds is 3. The van der Waals surface area contributed by atoms with Gasteiger partial charge in [0.25, 0.3) is 5.91 Å². The van der Waals surface area contributed by atoms with E-state index in [1.165, 1.54) is 19.2 Å². The van der Waals surface area contributed by atoms with Crippen molar-refractivity contribution in [2.75, 3.05) is 12.4 Å². The predicted octanol–water partition coefficient (Wildman–Crippen LogP) is 3.12. The molecule has 5 nitrogen and oxygen atoms in total. The maximum absolute atomic E-state index is 12.0. The minimum absolute atomic E-state index is 0.0738. The molecule has 6 heteroatoms. The summed E-state index contributed by atoms with van der Waals surface area (Å²) in [6.45, 7) is 0. The van der Waals surface area contributed by atoms with Crippen LogP contribution in [0.5, 0.6) is 17.2 Å². The van der Waals surface area contributed by atoms with Gasteiger partial charge < -0.3 is 20.3 Å². The van der Waals surface area contributed by atoms with Crippen LogP contribution in [0.4, 0.5) is 5.69 Å². The third kappa shape index (κ3) is 3.03. The molecule has 0 atom stereocenters. The molecule has 0 radical (unpaired) electrons. The number of methoxy groups -OCH3 is 1. The van der Waals surface area contributed by atoms with Crippen LogP contribution in [0.15, 0.2) is 40.9 Å². The zero-order valence-electron chi connectivity index (χ0n) is 10.6. The first-order chi connectivity index (χ1) is 9.51. The number of hydrogen-bond acceptors (Lipinski definition) is 4. The molecule has 0 saturated carbocycles. The molecule has 0 aliphatic carbocycles. The Bertz CT molecular complexity index is 658. The quantitative estimate of drug-likeness (QED) is 0.803. The van der Waals surface area contributed by atoms with Gasteiger partial charge in [0.15, 0.2) is 0 Å². The molecule has 0 fully saturated rings. The third-order valence-corrected chi connectivity index (χ3v) is 3.29. The van der Waals surface area contributed by atoms with Crippen LogP contribution in [-0.2, 0) is 0 Å². The highest BCUT2D eigenvalue weighted by atomic mass is 79.9. The fourth-order valence-corrected chi connectivity index (χ4v) is 2.06. The van der Waals surface area contributed by atoms with Gasteiger partial charge >= 0.3 is 0 Å². The van der Waals surface area contributed by atoms with E-state index in [0.29, 0.717) is 11.4 Å². The Morgan fingerprint density at radius 2 is 1.95 bits per heavy atom. The second kappa shape index (κ2) is 5.83. The molecule has 0 unspecified atom stereocenters. The van der Waals surface area contributed by atoms with Gasteiger partial charge in [-0.25, -0.2) is 0 Å². The smallest absolute Gasteiger partial charge is 0.259 e. The van der Waals surface area contributed by atoms with E-state index in [0.717, 1.165) is 10.5 Å². The molecule has 2 rings (SSSR count). The lowest BCUT2D eigenvalue weighted by Crippen LogP contribution is -2.12. The monoisotopic (exact) mass is 337 g/mol. The van der Waals surface area contributed by atoms with Crippen LogP contribution in [0.2, 0.25) is 0 Å². The average molecular weight is 338 g/mol. The van der Waals surface area contributed by atoms with Crippen molar-refractivity contribution in [1.29, 1.82) is 0 Å². The Kier molecular flexibility index (Phi) is 4.14. The van der Waals surface area contributed by atoms with Crippen molar-refractivity contribution in [3.63, 3.8) is 0 Å². The zero-order chi connectivity index (χ0) is 14.7. The molecule has 0 aliphatic heterocycles. The van der Waals surface area contributed by atoms with Gasteiger partial charge in [0.1, 0.15) is 17.2 Å². The number of hydrogen-bond donors (Lipinski definition) is 3. The van der Waals surface area contributed by atoms with E-state index in [9.17, 15) is 15.0 Å². The van der Waals surface area contributed by atoms with Crippen LogP contribution in [0, 0.1) is 0 Å². The van der Waals surface area contributed by atoms with Gasteiger partial charge in [-0.05, 0) is 40.2 Å². The zero-order valence-corrected chi connectivity index (χ0v) is 12.1. The molecular weight excluding hydrogens is 326 g/mol. The van der Waals surface area contributed by atoms with Gasteiger partial charge in [-0.3, -0.25) is 4.79 Å². The summed E-state index contributed by atoms with van der Waals surface area (Å²) in [5, 5.41) is 21.5. The molecule has 20 heavy (non-hydrogen) atoms. The van der Waals surface area contributed by atoms with Gasteiger partial charge in [0, 0.05) is 17.8 Å². The van der Waals surface area contributed by atoms with Crippen molar-refractivity contribution in [3.05, 3.63) is 46.4 Å². The number of amides is 1. The molecule has 0 heterocycles. The highest BCUT2D eigenvalue weighted by Gasteiger charge is 2.12. The van der Waals surface area contributed by atoms with Gasteiger partial charge in [0.2, 0.25) is 0 Å². The van der Waals surface area contributed by atoms with Crippen LogP contribution in [0.25, 0.3) is 0 Å². The Morgan fingerprint density at radius 3 is 2.60 bits per heavy atom. The molecule has 104 valence electrons. The molecule has 0 saturated heterocycles. The van der Waals surface area contributed by atoms with Gasteiger partial charge in [-0.1, -0.05) is 0 Å². The van der Waals surface area contributed by atoms with Crippen LogP contribution in [0.1, 0.15) is 10.4 Å². The number of carbonyl (C=O) groups is 1. The Labute approximate surface area is 123 Å². The molecule has 1 amide bonds. The van der Waals surface area contributed by atoms with E-state index in [1.54, 1.807) is 18.2 Å². The number of nitrogens with one attached hydrogen (secondary N) is 1. The van der Waals surface area contributed by atoms with E-state index in [4.69, 9.17) is 4.74 Å². The van der Waals surface area contributed by atoms with E-state index < -0.39 is 5.91 Å². The topological polar surface area (TPSA) is 78.8 Å². The molecule has 2 aromatic carbocycles. The fourth-order valence-electron chi connectivity index (χ4n) is 1.65. The third-order valence-electron chi connectivity index (χ3n) is 2.63. The molecule has 3 N–H and O–H groups in total. The summed E-state index contributed by atoms with van der Waals surface area (Å²) in [5.41, 5.74) is 0.604. The normalized spacial score (nSPS) is 10.1. The highest BCUT2D eigenvalue weighted by molar-refractivity contribution is 9.10. The number of phenols is 2. The lowest BCUT2D eigenvalue weighted by Gasteiger charge is -2.09. The average Bonchev–Trinajstić information content (AvgIpc) is 2.40. The SMILES string of the molecule is COc1cc(NC(=O)c2ccc(O)cc2O)ccc1Br. The number of aromatic hydroxyl groups is 2. The summed E-state index contributed by atoms with van der Waals surface area (Å²) < 4.78 is 5.90. The maximum atomic E-state index is 12.0. The maximum Gasteiger partial charge on any atom is 0.259 e. The highest BCUT2D eigenvalue weighted by Crippen LogP contribution is 2.29.